The van der Waals surface area contributed by atoms with Gasteiger partial charge in [0.15, 0.2) is 0 Å². The number of amides is 2. The minimum atomic E-state index is -0.123. The van der Waals surface area contributed by atoms with E-state index in [-0.39, 0.29) is 17.9 Å². The second-order valence-electron chi connectivity index (χ2n) is 5.50. The molecule has 1 unspecified atom stereocenters. The summed E-state index contributed by atoms with van der Waals surface area (Å²) < 4.78 is 0. The molecule has 1 aromatic rings. The van der Waals surface area contributed by atoms with Gasteiger partial charge in [-0.25, -0.2) is 0 Å². The van der Waals surface area contributed by atoms with Crippen molar-refractivity contribution in [3.8, 4) is 6.07 Å². The van der Waals surface area contributed by atoms with Crippen LogP contribution in [0.4, 0.5) is 5.00 Å². The van der Waals surface area contributed by atoms with Crippen molar-refractivity contribution in [2.45, 2.75) is 25.3 Å². The molecule has 1 fully saturated rings. The summed E-state index contributed by atoms with van der Waals surface area (Å²) in [5.41, 5.74) is 0.486. The van der Waals surface area contributed by atoms with E-state index in [1.165, 1.54) is 11.3 Å². The van der Waals surface area contributed by atoms with E-state index in [1.54, 1.807) is 30.4 Å². The largest absolute Gasteiger partial charge is 0.347 e. The monoisotopic (exact) mass is 320 g/mol. The van der Waals surface area contributed by atoms with Crippen LogP contribution in [-0.4, -0.2) is 54.8 Å². The number of thiophene rings is 1. The zero-order valence-electron chi connectivity index (χ0n) is 12.8. The molecule has 2 rings (SSSR count). The molecular weight excluding hydrogens is 300 g/mol. The first-order valence-electron chi connectivity index (χ1n) is 7.25. The molecule has 1 aliphatic heterocycles. The lowest BCUT2D eigenvalue weighted by atomic mass is 10.2. The van der Waals surface area contributed by atoms with Crippen LogP contribution >= 0.6 is 11.3 Å². The first kappa shape index (κ1) is 16.5. The Labute approximate surface area is 134 Å². The minimum absolute atomic E-state index is 0.0999. The maximum atomic E-state index is 12.1. The molecule has 118 valence electrons. The second kappa shape index (κ2) is 7.38. The second-order valence-corrected chi connectivity index (χ2v) is 6.42. The first-order valence-corrected chi connectivity index (χ1v) is 8.13. The molecule has 1 N–H and O–H groups in total. The fourth-order valence-electron chi connectivity index (χ4n) is 2.60. The number of likely N-dealkylation sites (N-methyl/N-ethyl adjacent to an activating group) is 1. The molecule has 6 nitrogen and oxygen atoms in total. The Morgan fingerprint density at radius 1 is 1.55 bits per heavy atom. The van der Waals surface area contributed by atoms with Crippen molar-refractivity contribution in [1.29, 1.82) is 5.26 Å². The molecule has 0 radical (unpaired) electrons. The van der Waals surface area contributed by atoms with Gasteiger partial charge in [0.2, 0.25) is 11.8 Å². The predicted octanol–water partition coefficient (Wildman–Crippen LogP) is 1.50. The van der Waals surface area contributed by atoms with Crippen molar-refractivity contribution >= 4 is 28.2 Å². The molecule has 0 aliphatic carbocycles. The number of hydrogen-bond donors (Lipinski definition) is 1. The van der Waals surface area contributed by atoms with E-state index in [0.717, 1.165) is 19.4 Å². The quantitative estimate of drug-likeness (QED) is 0.892. The molecule has 0 bridgehead atoms. The third-order valence-electron chi connectivity index (χ3n) is 3.75. The lowest BCUT2D eigenvalue weighted by molar-refractivity contribution is -0.133. The highest BCUT2D eigenvalue weighted by molar-refractivity contribution is 7.14. The lowest BCUT2D eigenvalue weighted by Gasteiger charge is -2.25. The van der Waals surface area contributed by atoms with Gasteiger partial charge in [0.1, 0.15) is 11.1 Å². The van der Waals surface area contributed by atoms with Crippen molar-refractivity contribution < 1.29 is 9.59 Å². The summed E-state index contributed by atoms with van der Waals surface area (Å²) in [5.74, 6) is -0.0233. The van der Waals surface area contributed by atoms with Gasteiger partial charge >= 0.3 is 0 Å². The molecule has 1 saturated heterocycles. The van der Waals surface area contributed by atoms with Gasteiger partial charge in [-0.15, -0.1) is 11.3 Å². The van der Waals surface area contributed by atoms with E-state index >= 15 is 0 Å². The third kappa shape index (κ3) is 3.84. The van der Waals surface area contributed by atoms with Gasteiger partial charge in [0.25, 0.3) is 0 Å². The van der Waals surface area contributed by atoms with Crippen LogP contribution in [0, 0.1) is 11.3 Å². The Hall–Kier alpha value is -1.91. The van der Waals surface area contributed by atoms with Gasteiger partial charge in [-0.2, -0.15) is 5.26 Å². The van der Waals surface area contributed by atoms with Gasteiger partial charge in [-0.05, 0) is 30.8 Å². The van der Waals surface area contributed by atoms with Gasteiger partial charge in [-0.3, -0.25) is 14.5 Å². The maximum absolute atomic E-state index is 12.1. The topological polar surface area (TPSA) is 76.4 Å². The van der Waals surface area contributed by atoms with Gasteiger partial charge in [-0.1, -0.05) is 0 Å². The van der Waals surface area contributed by atoms with E-state index in [4.69, 9.17) is 5.26 Å². The molecule has 22 heavy (non-hydrogen) atoms. The highest BCUT2D eigenvalue weighted by atomic mass is 32.1. The lowest BCUT2D eigenvalue weighted by Crippen LogP contribution is -2.43. The number of nitriles is 1. The predicted molar refractivity (Wildman–Crippen MR) is 85.6 cm³/mol. The van der Waals surface area contributed by atoms with Crippen molar-refractivity contribution in [3.63, 3.8) is 0 Å². The average molecular weight is 320 g/mol. The highest BCUT2D eigenvalue weighted by Gasteiger charge is 2.31. The Morgan fingerprint density at radius 3 is 3.00 bits per heavy atom. The normalized spacial score (nSPS) is 18.0. The Bertz CT molecular complexity index is 591. The molecule has 1 aromatic heterocycles. The van der Waals surface area contributed by atoms with Crippen LogP contribution in [0.3, 0.4) is 0 Å². The molecule has 2 heterocycles. The summed E-state index contributed by atoms with van der Waals surface area (Å²) >= 11 is 1.34. The third-order valence-corrected chi connectivity index (χ3v) is 4.58. The number of nitrogens with zero attached hydrogens (tertiary/aromatic N) is 3. The van der Waals surface area contributed by atoms with E-state index in [2.05, 4.69) is 10.2 Å². The highest BCUT2D eigenvalue weighted by Crippen LogP contribution is 2.23. The zero-order valence-corrected chi connectivity index (χ0v) is 13.7. The Balaban J connectivity index is 1.86. The molecule has 0 spiro atoms. The minimum Gasteiger partial charge on any atom is -0.347 e. The van der Waals surface area contributed by atoms with Crippen LogP contribution in [0.5, 0.6) is 0 Å². The van der Waals surface area contributed by atoms with Crippen LogP contribution in [-0.2, 0) is 9.59 Å². The van der Waals surface area contributed by atoms with E-state index < -0.39 is 0 Å². The molecule has 0 saturated carbocycles. The Morgan fingerprint density at radius 2 is 2.32 bits per heavy atom. The molecular formula is C15H20N4O2S. The van der Waals surface area contributed by atoms with Crippen molar-refractivity contribution in [3.05, 3.63) is 17.0 Å². The smallest absolute Gasteiger partial charge is 0.239 e. The van der Waals surface area contributed by atoms with Crippen LogP contribution in [0.1, 0.15) is 24.8 Å². The van der Waals surface area contributed by atoms with Crippen molar-refractivity contribution in [2.24, 2.45) is 0 Å². The van der Waals surface area contributed by atoms with E-state index in [0.29, 0.717) is 23.5 Å². The summed E-state index contributed by atoms with van der Waals surface area (Å²) in [4.78, 5) is 27.8. The maximum Gasteiger partial charge on any atom is 0.239 e. The summed E-state index contributed by atoms with van der Waals surface area (Å²) in [6, 6.07) is 3.62. The molecule has 7 heteroatoms. The zero-order chi connectivity index (χ0) is 16.1. The van der Waals surface area contributed by atoms with Gasteiger partial charge in [0, 0.05) is 27.1 Å². The van der Waals surface area contributed by atoms with Gasteiger partial charge < -0.3 is 10.2 Å². The standard InChI is InChI=1S/C15H20N4O2S/c1-18(2)15(21)12-4-3-7-19(12)8-5-13(20)17-14-11(10-16)6-9-22-14/h6,9,12H,3-5,7-8H2,1-2H3,(H,17,20). The van der Waals surface area contributed by atoms with Crippen LogP contribution < -0.4 is 5.32 Å². The molecule has 1 aliphatic rings. The number of carbonyl (C=O) groups excluding carboxylic acids is 2. The van der Waals surface area contributed by atoms with E-state index in [1.807, 2.05) is 6.07 Å². The number of likely N-dealkylation sites (tertiary alicyclic amines) is 1. The molecule has 0 aromatic carbocycles. The fourth-order valence-corrected chi connectivity index (χ4v) is 3.35. The van der Waals surface area contributed by atoms with Crippen molar-refractivity contribution in [1.82, 2.24) is 9.80 Å². The number of carbonyl (C=O) groups is 2. The summed E-state index contributed by atoms with van der Waals surface area (Å²) in [7, 11) is 3.51. The number of hydrogen-bond acceptors (Lipinski definition) is 5. The number of rotatable bonds is 5. The average Bonchev–Trinajstić information content (AvgIpc) is 3.12. The summed E-state index contributed by atoms with van der Waals surface area (Å²) in [6.45, 7) is 1.41. The fraction of sp³-hybridized carbons (Fsp3) is 0.533. The van der Waals surface area contributed by atoms with Crippen LogP contribution in [0.15, 0.2) is 11.4 Å². The summed E-state index contributed by atoms with van der Waals surface area (Å²) in [6.07, 6.45) is 2.15. The number of nitrogens with one attached hydrogen (secondary N) is 1. The molecule has 1 atom stereocenters. The number of anilines is 1. The van der Waals surface area contributed by atoms with Crippen LogP contribution in [0.2, 0.25) is 0 Å². The SMILES string of the molecule is CN(C)C(=O)C1CCCN1CCC(=O)Nc1sccc1C#N. The molecule has 2 amide bonds. The van der Waals surface area contributed by atoms with Crippen molar-refractivity contribution in [2.75, 3.05) is 32.5 Å². The van der Waals surface area contributed by atoms with E-state index in [9.17, 15) is 9.59 Å². The van der Waals surface area contributed by atoms with Gasteiger partial charge in [0.05, 0.1) is 11.6 Å². The Kier molecular flexibility index (Phi) is 5.52. The van der Waals surface area contributed by atoms with Crippen LogP contribution in [0.25, 0.3) is 0 Å². The summed E-state index contributed by atoms with van der Waals surface area (Å²) in [5, 5.41) is 14.1. The first-order chi connectivity index (χ1) is 10.5.